The molecule has 0 spiro atoms. The van der Waals surface area contributed by atoms with E-state index in [1.807, 2.05) is 18.7 Å². The molecule has 0 aromatic rings. The number of likely N-dealkylation sites (tertiary alicyclic amines) is 1. The van der Waals surface area contributed by atoms with Crippen molar-refractivity contribution in [3.63, 3.8) is 0 Å². The molecule has 0 radical (unpaired) electrons. The monoisotopic (exact) mass is 295 g/mol. The molecule has 2 atom stereocenters. The first-order valence-corrected chi connectivity index (χ1v) is 7.47. The van der Waals surface area contributed by atoms with E-state index in [1.165, 1.54) is 0 Å². The van der Waals surface area contributed by atoms with E-state index < -0.39 is 5.54 Å². The molecule has 1 N–H and O–H groups in total. The molecule has 1 heterocycles. The SMILES string of the molecule is CCOC(=O)C1CCCN1CC(=O)NC(C)(C#N)C(C)C. The summed E-state index contributed by atoms with van der Waals surface area (Å²) in [5.41, 5.74) is -0.893. The van der Waals surface area contributed by atoms with Gasteiger partial charge in [-0.25, -0.2) is 0 Å². The van der Waals surface area contributed by atoms with Gasteiger partial charge in [0.1, 0.15) is 11.6 Å². The number of hydrogen-bond donors (Lipinski definition) is 1. The molecule has 118 valence electrons. The Kier molecular flexibility index (Phi) is 6.16. The van der Waals surface area contributed by atoms with Crippen LogP contribution < -0.4 is 5.32 Å². The maximum Gasteiger partial charge on any atom is 0.323 e. The molecule has 1 fully saturated rings. The lowest BCUT2D eigenvalue weighted by molar-refractivity contribution is -0.148. The van der Waals surface area contributed by atoms with Gasteiger partial charge in [-0.15, -0.1) is 0 Å². The molecular weight excluding hydrogens is 270 g/mol. The van der Waals surface area contributed by atoms with Gasteiger partial charge >= 0.3 is 5.97 Å². The van der Waals surface area contributed by atoms with Crippen LogP contribution in [0.25, 0.3) is 0 Å². The average molecular weight is 295 g/mol. The summed E-state index contributed by atoms with van der Waals surface area (Å²) in [5, 5.41) is 12.0. The van der Waals surface area contributed by atoms with Gasteiger partial charge in [0.15, 0.2) is 0 Å². The first kappa shape index (κ1) is 17.4. The van der Waals surface area contributed by atoms with Crippen LogP contribution in [0.1, 0.15) is 40.5 Å². The first-order chi connectivity index (χ1) is 9.84. The van der Waals surface area contributed by atoms with Crippen LogP contribution in [0.3, 0.4) is 0 Å². The van der Waals surface area contributed by atoms with Crippen molar-refractivity contribution in [2.75, 3.05) is 19.7 Å². The van der Waals surface area contributed by atoms with Crippen LogP contribution in [0, 0.1) is 17.2 Å². The van der Waals surface area contributed by atoms with Gasteiger partial charge in [-0.05, 0) is 39.2 Å². The normalized spacial score (nSPS) is 21.6. The van der Waals surface area contributed by atoms with Crippen LogP contribution in [0.5, 0.6) is 0 Å². The van der Waals surface area contributed by atoms with Gasteiger partial charge in [0.25, 0.3) is 0 Å². The van der Waals surface area contributed by atoms with E-state index in [0.29, 0.717) is 19.6 Å². The van der Waals surface area contributed by atoms with Gasteiger partial charge in [0, 0.05) is 0 Å². The van der Waals surface area contributed by atoms with Crippen molar-refractivity contribution < 1.29 is 14.3 Å². The molecule has 0 aromatic heterocycles. The fraction of sp³-hybridized carbons (Fsp3) is 0.800. The van der Waals surface area contributed by atoms with Crippen molar-refractivity contribution in [2.45, 2.75) is 52.1 Å². The van der Waals surface area contributed by atoms with E-state index >= 15 is 0 Å². The lowest BCUT2D eigenvalue weighted by Gasteiger charge is -2.29. The second-order valence-corrected chi connectivity index (χ2v) is 5.90. The largest absolute Gasteiger partial charge is 0.465 e. The second-order valence-electron chi connectivity index (χ2n) is 5.90. The smallest absolute Gasteiger partial charge is 0.323 e. The van der Waals surface area contributed by atoms with Crippen molar-refractivity contribution >= 4 is 11.9 Å². The number of ether oxygens (including phenoxy) is 1. The summed E-state index contributed by atoms with van der Waals surface area (Å²) in [5.74, 6) is -0.496. The lowest BCUT2D eigenvalue weighted by Crippen LogP contribution is -2.53. The molecule has 1 aliphatic rings. The number of rotatable bonds is 6. The Morgan fingerprint density at radius 3 is 2.71 bits per heavy atom. The zero-order valence-corrected chi connectivity index (χ0v) is 13.3. The highest BCUT2D eigenvalue weighted by molar-refractivity contribution is 5.81. The van der Waals surface area contributed by atoms with Crippen molar-refractivity contribution in [1.82, 2.24) is 10.2 Å². The fourth-order valence-electron chi connectivity index (χ4n) is 2.34. The summed E-state index contributed by atoms with van der Waals surface area (Å²) in [6, 6.07) is 1.80. The lowest BCUT2D eigenvalue weighted by atomic mass is 9.90. The van der Waals surface area contributed by atoms with Crippen LogP contribution in [0.2, 0.25) is 0 Å². The van der Waals surface area contributed by atoms with E-state index in [4.69, 9.17) is 4.74 Å². The van der Waals surface area contributed by atoms with Gasteiger partial charge in [-0.1, -0.05) is 13.8 Å². The number of nitrogens with zero attached hydrogens (tertiary/aromatic N) is 2. The molecular formula is C15H25N3O3. The number of nitrogens with one attached hydrogen (secondary N) is 1. The van der Waals surface area contributed by atoms with Crippen molar-refractivity contribution in [2.24, 2.45) is 5.92 Å². The fourth-order valence-corrected chi connectivity index (χ4v) is 2.34. The zero-order valence-electron chi connectivity index (χ0n) is 13.3. The molecule has 1 aliphatic heterocycles. The molecule has 0 aliphatic carbocycles. The number of carbonyl (C=O) groups is 2. The minimum Gasteiger partial charge on any atom is -0.465 e. The molecule has 1 saturated heterocycles. The van der Waals surface area contributed by atoms with Crippen LogP contribution in [-0.2, 0) is 14.3 Å². The Balaban J connectivity index is 2.62. The minimum absolute atomic E-state index is 0.00545. The third-order valence-corrected chi connectivity index (χ3v) is 4.06. The number of nitriles is 1. The van der Waals surface area contributed by atoms with Gasteiger partial charge in [-0.2, -0.15) is 5.26 Å². The minimum atomic E-state index is -0.893. The van der Waals surface area contributed by atoms with Crippen molar-refractivity contribution in [1.29, 1.82) is 5.26 Å². The quantitative estimate of drug-likeness (QED) is 0.741. The summed E-state index contributed by atoms with van der Waals surface area (Å²) < 4.78 is 5.03. The van der Waals surface area contributed by atoms with E-state index in [1.54, 1.807) is 13.8 Å². The molecule has 1 rings (SSSR count). The van der Waals surface area contributed by atoms with Gasteiger partial charge in [0.2, 0.25) is 5.91 Å². The summed E-state index contributed by atoms with van der Waals surface area (Å²) in [7, 11) is 0. The third-order valence-electron chi connectivity index (χ3n) is 4.06. The predicted octanol–water partition coefficient (Wildman–Crippen LogP) is 1.07. The molecule has 21 heavy (non-hydrogen) atoms. The maximum atomic E-state index is 12.1. The molecule has 1 amide bonds. The number of hydrogen-bond acceptors (Lipinski definition) is 5. The Hall–Kier alpha value is -1.61. The molecule has 0 aromatic carbocycles. The van der Waals surface area contributed by atoms with Crippen LogP contribution in [0.4, 0.5) is 0 Å². The Morgan fingerprint density at radius 1 is 1.52 bits per heavy atom. The Morgan fingerprint density at radius 2 is 2.19 bits per heavy atom. The number of carbonyl (C=O) groups excluding carboxylic acids is 2. The zero-order chi connectivity index (χ0) is 16.0. The second kappa shape index (κ2) is 7.41. The van der Waals surface area contributed by atoms with Crippen molar-refractivity contribution in [3.8, 4) is 6.07 Å². The highest BCUT2D eigenvalue weighted by Crippen LogP contribution is 2.19. The summed E-state index contributed by atoms with van der Waals surface area (Å²) in [6.07, 6.45) is 1.59. The van der Waals surface area contributed by atoms with Crippen LogP contribution in [0.15, 0.2) is 0 Å². The topological polar surface area (TPSA) is 82.4 Å². The molecule has 2 unspecified atom stereocenters. The Bertz CT molecular complexity index is 430. The maximum absolute atomic E-state index is 12.1. The third kappa shape index (κ3) is 4.43. The van der Waals surface area contributed by atoms with E-state index in [0.717, 1.165) is 6.42 Å². The van der Waals surface area contributed by atoms with E-state index in [9.17, 15) is 14.9 Å². The molecule has 0 bridgehead atoms. The van der Waals surface area contributed by atoms with E-state index in [-0.39, 0.29) is 30.4 Å². The predicted molar refractivity (Wildman–Crippen MR) is 78.2 cm³/mol. The summed E-state index contributed by atoms with van der Waals surface area (Å²) >= 11 is 0. The standard InChI is InChI=1S/C15H25N3O3/c1-5-21-14(20)12-7-6-8-18(12)9-13(19)17-15(4,10-16)11(2)3/h11-12H,5-9H2,1-4H3,(H,17,19). The number of esters is 1. The Labute approximate surface area is 126 Å². The van der Waals surface area contributed by atoms with Crippen LogP contribution >= 0.6 is 0 Å². The molecule has 6 nitrogen and oxygen atoms in total. The van der Waals surface area contributed by atoms with Crippen molar-refractivity contribution in [3.05, 3.63) is 0 Å². The van der Waals surface area contributed by atoms with Gasteiger partial charge in [-0.3, -0.25) is 14.5 Å². The van der Waals surface area contributed by atoms with Crippen LogP contribution in [-0.4, -0.2) is 48.1 Å². The highest BCUT2D eigenvalue weighted by atomic mass is 16.5. The summed E-state index contributed by atoms with van der Waals surface area (Å²) in [6.45, 7) is 8.42. The summed E-state index contributed by atoms with van der Waals surface area (Å²) in [4.78, 5) is 25.8. The van der Waals surface area contributed by atoms with E-state index in [2.05, 4.69) is 11.4 Å². The number of amides is 1. The molecule has 0 saturated carbocycles. The van der Waals surface area contributed by atoms with Gasteiger partial charge in [0.05, 0.1) is 19.2 Å². The average Bonchev–Trinajstić information content (AvgIpc) is 2.86. The first-order valence-electron chi connectivity index (χ1n) is 7.47. The molecule has 6 heteroatoms. The highest BCUT2D eigenvalue weighted by Gasteiger charge is 2.35. The van der Waals surface area contributed by atoms with Gasteiger partial charge < -0.3 is 10.1 Å².